The smallest absolute Gasteiger partial charge is 0.245 e. The highest BCUT2D eigenvalue weighted by atomic mass is 16.1. The highest BCUT2D eigenvalue weighted by Crippen LogP contribution is 2.14. The monoisotopic (exact) mass is 299 g/mol. The summed E-state index contributed by atoms with van der Waals surface area (Å²) >= 11 is 0. The van der Waals surface area contributed by atoms with Crippen LogP contribution in [0.3, 0.4) is 0 Å². The van der Waals surface area contributed by atoms with Crippen LogP contribution in [0.1, 0.15) is 19.0 Å². The van der Waals surface area contributed by atoms with Gasteiger partial charge < -0.3 is 10.2 Å². The van der Waals surface area contributed by atoms with Gasteiger partial charge in [0.15, 0.2) is 0 Å². The number of fused-ring (bicyclic) bond motifs is 1. The van der Waals surface area contributed by atoms with Gasteiger partial charge in [0.1, 0.15) is 13.5 Å². The fourth-order valence-corrected chi connectivity index (χ4v) is 2.38. The van der Waals surface area contributed by atoms with Gasteiger partial charge in [-0.1, -0.05) is 6.07 Å². The summed E-state index contributed by atoms with van der Waals surface area (Å²) in [6.45, 7) is 6.11. The van der Waals surface area contributed by atoms with Crippen LogP contribution in [0.4, 0.5) is 5.95 Å². The molecule has 2 aromatic heterocycles. The van der Waals surface area contributed by atoms with Crippen LogP contribution in [0.25, 0.3) is 11.0 Å². The van der Waals surface area contributed by atoms with E-state index in [1.807, 2.05) is 27.9 Å². The molecule has 0 amide bonds. The minimum Gasteiger partial charge on any atom is -0.354 e. The number of aromatic nitrogens is 3. The van der Waals surface area contributed by atoms with Crippen LogP contribution < -0.4 is 16.3 Å². The van der Waals surface area contributed by atoms with Gasteiger partial charge in [-0.25, -0.2) is 4.98 Å². The van der Waals surface area contributed by atoms with E-state index in [-0.39, 0.29) is 11.0 Å². The van der Waals surface area contributed by atoms with Crippen molar-refractivity contribution in [1.29, 1.82) is 0 Å². The first-order valence-corrected chi connectivity index (χ1v) is 7.50. The van der Waals surface area contributed by atoms with E-state index in [4.69, 9.17) is 7.85 Å². The van der Waals surface area contributed by atoms with Gasteiger partial charge in [0.2, 0.25) is 11.5 Å². The van der Waals surface area contributed by atoms with E-state index in [9.17, 15) is 4.79 Å². The van der Waals surface area contributed by atoms with Crippen molar-refractivity contribution in [3.8, 4) is 0 Å². The van der Waals surface area contributed by atoms with Crippen molar-refractivity contribution in [2.45, 2.75) is 26.8 Å². The maximum atomic E-state index is 12.1. The van der Waals surface area contributed by atoms with Gasteiger partial charge in [0.25, 0.3) is 0 Å². The number of hydrogen-bond donors (Lipinski definition) is 1. The fraction of sp³-hybridized carbons (Fsp3) is 0.533. The molecule has 0 bridgehead atoms. The summed E-state index contributed by atoms with van der Waals surface area (Å²) in [6, 6.07) is 1.66. The van der Waals surface area contributed by atoms with Gasteiger partial charge in [-0.15, -0.1) is 0 Å². The lowest BCUT2D eigenvalue weighted by atomic mass is 9.96. The first-order chi connectivity index (χ1) is 10.4. The van der Waals surface area contributed by atoms with Crippen molar-refractivity contribution in [3.63, 3.8) is 0 Å². The average Bonchev–Trinajstić information content (AvgIpc) is 2.46. The summed E-state index contributed by atoms with van der Waals surface area (Å²) in [4.78, 5) is 23.2. The standard InChI is InChI=1S/C15H22BN5O/c1-5-21-13-11(9-12(16)14(21)22)10(2)18-15(19-13)17-7-6-8-20(3)4/h9H,5-8H2,1-4H3,(H,17,18,19). The van der Waals surface area contributed by atoms with Gasteiger partial charge in [-0.3, -0.25) is 9.36 Å². The molecule has 0 aromatic carbocycles. The van der Waals surface area contributed by atoms with Gasteiger partial charge >= 0.3 is 0 Å². The van der Waals surface area contributed by atoms with Crippen LogP contribution in [-0.4, -0.2) is 54.5 Å². The van der Waals surface area contributed by atoms with Crippen LogP contribution in [0, 0.1) is 6.92 Å². The molecule has 6 nitrogen and oxygen atoms in total. The van der Waals surface area contributed by atoms with Crippen molar-refractivity contribution in [2.24, 2.45) is 0 Å². The minimum absolute atomic E-state index is 0.202. The predicted octanol–water partition coefficient (Wildman–Crippen LogP) is 0.277. The molecule has 22 heavy (non-hydrogen) atoms. The molecule has 0 saturated heterocycles. The van der Waals surface area contributed by atoms with Crippen molar-refractivity contribution in [1.82, 2.24) is 19.4 Å². The number of rotatable bonds is 6. The van der Waals surface area contributed by atoms with Crippen LogP contribution in [0.15, 0.2) is 10.9 Å². The van der Waals surface area contributed by atoms with Gasteiger partial charge in [0.05, 0.1) is 5.69 Å². The Morgan fingerprint density at radius 1 is 1.36 bits per heavy atom. The summed E-state index contributed by atoms with van der Waals surface area (Å²) in [5.41, 5.74) is 1.47. The second-order valence-corrected chi connectivity index (χ2v) is 5.60. The van der Waals surface area contributed by atoms with Crippen molar-refractivity contribution >= 4 is 30.3 Å². The average molecular weight is 299 g/mol. The number of hydrogen-bond acceptors (Lipinski definition) is 5. The van der Waals surface area contributed by atoms with E-state index < -0.39 is 0 Å². The van der Waals surface area contributed by atoms with Gasteiger partial charge in [-0.05, 0) is 46.4 Å². The van der Waals surface area contributed by atoms with Crippen LogP contribution >= 0.6 is 0 Å². The second-order valence-electron chi connectivity index (χ2n) is 5.60. The molecular weight excluding hydrogens is 277 g/mol. The van der Waals surface area contributed by atoms with E-state index in [0.29, 0.717) is 18.1 Å². The van der Waals surface area contributed by atoms with E-state index in [1.165, 1.54) is 0 Å². The molecule has 2 rings (SSSR count). The maximum absolute atomic E-state index is 12.1. The maximum Gasteiger partial charge on any atom is 0.245 e. The van der Waals surface area contributed by atoms with E-state index in [2.05, 4.69) is 20.2 Å². The van der Waals surface area contributed by atoms with Gasteiger partial charge in [0, 0.05) is 18.5 Å². The summed E-state index contributed by atoms with van der Waals surface area (Å²) in [5, 5.41) is 4.04. The van der Waals surface area contributed by atoms with Crippen molar-refractivity contribution < 1.29 is 0 Å². The first-order valence-electron chi connectivity index (χ1n) is 7.50. The Balaban J connectivity index is 2.35. The third-order valence-electron chi connectivity index (χ3n) is 3.55. The molecule has 1 N–H and O–H groups in total. The Morgan fingerprint density at radius 3 is 2.73 bits per heavy atom. The van der Waals surface area contributed by atoms with Gasteiger partial charge in [-0.2, -0.15) is 4.98 Å². The zero-order chi connectivity index (χ0) is 16.3. The highest BCUT2D eigenvalue weighted by Gasteiger charge is 2.11. The predicted molar refractivity (Wildman–Crippen MR) is 91.3 cm³/mol. The van der Waals surface area contributed by atoms with Crippen LogP contribution in [0.5, 0.6) is 0 Å². The SMILES string of the molecule is [B]c1cc2c(C)nc(NCCCN(C)C)nc2n(CC)c1=O. The largest absolute Gasteiger partial charge is 0.354 e. The molecule has 2 aromatic rings. The lowest BCUT2D eigenvalue weighted by Gasteiger charge is -2.13. The fourth-order valence-electron chi connectivity index (χ4n) is 2.38. The minimum atomic E-state index is -0.202. The molecule has 2 heterocycles. The Morgan fingerprint density at radius 2 is 2.09 bits per heavy atom. The Hall–Kier alpha value is -1.89. The number of pyridine rings is 1. The van der Waals surface area contributed by atoms with Crippen LogP contribution in [-0.2, 0) is 6.54 Å². The highest BCUT2D eigenvalue weighted by molar-refractivity contribution is 6.32. The summed E-state index contributed by atoms with van der Waals surface area (Å²) in [5.74, 6) is 0.551. The second kappa shape index (κ2) is 6.92. The quantitative estimate of drug-likeness (QED) is 0.613. The normalized spacial score (nSPS) is 11.3. The molecule has 0 saturated carbocycles. The number of aryl methyl sites for hydroxylation is 2. The topological polar surface area (TPSA) is 63.1 Å². The molecule has 0 aliphatic heterocycles. The molecule has 2 radical (unpaired) electrons. The zero-order valence-electron chi connectivity index (χ0n) is 13.7. The molecule has 116 valence electrons. The van der Waals surface area contributed by atoms with Crippen LogP contribution in [0.2, 0.25) is 0 Å². The molecule has 0 aliphatic rings. The van der Waals surface area contributed by atoms with Crippen molar-refractivity contribution in [2.75, 3.05) is 32.5 Å². The van der Waals surface area contributed by atoms with Crippen molar-refractivity contribution in [3.05, 3.63) is 22.1 Å². The van der Waals surface area contributed by atoms with E-state index >= 15 is 0 Å². The summed E-state index contributed by atoms with van der Waals surface area (Å²) in [6.07, 6.45) is 0.996. The molecule has 0 atom stereocenters. The summed E-state index contributed by atoms with van der Waals surface area (Å²) in [7, 11) is 9.87. The lowest BCUT2D eigenvalue weighted by molar-refractivity contribution is 0.405. The molecular formula is C15H22BN5O. The molecule has 0 unspecified atom stereocenters. The van der Waals surface area contributed by atoms with E-state index in [1.54, 1.807) is 10.6 Å². The van der Waals surface area contributed by atoms with E-state index in [0.717, 1.165) is 30.6 Å². The molecule has 0 aliphatic carbocycles. The Bertz CT molecular complexity index is 726. The Labute approximate surface area is 132 Å². The number of anilines is 1. The molecule has 0 spiro atoms. The first kappa shape index (κ1) is 16.5. The summed E-state index contributed by atoms with van der Waals surface area (Å²) < 4.78 is 1.59. The molecule has 7 heteroatoms. The molecule has 0 fully saturated rings. The number of nitrogens with zero attached hydrogens (tertiary/aromatic N) is 4. The third kappa shape index (κ3) is 3.47. The Kier molecular flexibility index (Phi) is 5.18. The lowest BCUT2D eigenvalue weighted by Crippen LogP contribution is -2.34. The zero-order valence-corrected chi connectivity index (χ0v) is 13.7. The number of nitrogens with one attached hydrogen (secondary N) is 1. The third-order valence-corrected chi connectivity index (χ3v) is 3.55.